The van der Waals surface area contributed by atoms with Crippen molar-refractivity contribution in [3.05, 3.63) is 96.1 Å². The van der Waals surface area contributed by atoms with Crippen molar-refractivity contribution in [1.29, 1.82) is 0 Å². The Labute approximate surface area is 192 Å². The molecule has 4 amide bonds. The highest BCUT2D eigenvalue weighted by atomic mass is 16.5. The molecule has 1 aliphatic heterocycles. The van der Waals surface area contributed by atoms with E-state index in [1.165, 1.54) is 0 Å². The van der Waals surface area contributed by atoms with Crippen LogP contribution in [0.3, 0.4) is 0 Å². The summed E-state index contributed by atoms with van der Waals surface area (Å²) in [5, 5.41) is 5.74. The Morgan fingerprint density at radius 3 is 2.06 bits per heavy atom. The third-order valence-electron chi connectivity index (χ3n) is 5.58. The summed E-state index contributed by atoms with van der Waals surface area (Å²) < 4.78 is 5.12. The summed E-state index contributed by atoms with van der Waals surface area (Å²) in [4.78, 5) is 39.1. The second kappa shape index (κ2) is 9.99. The fourth-order valence-corrected chi connectivity index (χ4v) is 3.86. The molecular weight excluding hydrogens is 418 g/mol. The van der Waals surface area contributed by atoms with Crippen molar-refractivity contribution < 1.29 is 19.1 Å². The number of amides is 4. The van der Waals surface area contributed by atoms with Gasteiger partial charge in [0.05, 0.1) is 18.8 Å². The van der Waals surface area contributed by atoms with Crippen molar-refractivity contribution in [1.82, 2.24) is 10.6 Å². The molecule has 2 N–H and O–H groups in total. The molecular formula is C26H25N3O4. The van der Waals surface area contributed by atoms with Crippen molar-refractivity contribution in [2.45, 2.75) is 24.9 Å². The Morgan fingerprint density at radius 1 is 0.939 bits per heavy atom. The fourth-order valence-electron chi connectivity index (χ4n) is 3.86. The molecule has 0 spiro atoms. The first-order valence-electron chi connectivity index (χ1n) is 10.7. The standard InChI is InChI=1S/C26H25N3O4/c1-33-21-14-12-20(13-15-21)29-25(31)22(27-26(29)32)16-17-23(30)28-24(18-8-4-2-5-9-18)19-10-6-3-7-11-19/h2-15,22,24H,16-17H2,1H3,(H,27,32)(H,28,30)/t22-/m1/s1. The van der Waals surface area contributed by atoms with Gasteiger partial charge in [0.15, 0.2) is 0 Å². The lowest BCUT2D eigenvalue weighted by atomic mass is 9.98. The van der Waals surface area contributed by atoms with Gasteiger partial charge in [-0.3, -0.25) is 9.59 Å². The second-order valence-corrected chi connectivity index (χ2v) is 7.73. The van der Waals surface area contributed by atoms with E-state index in [0.29, 0.717) is 11.4 Å². The lowest BCUT2D eigenvalue weighted by Gasteiger charge is -2.20. The minimum absolute atomic E-state index is 0.101. The van der Waals surface area contributed by atoms with Crippen LogP contribution in [0.5, 0.6) is 5.75 Å². The van der Waals surface area contributed by atoms with E-state index in [4.69, 9.17) is 4.74 Å². The molecule has 3 aromatic rings. The first-order chi connectivity index (χ1) is 16.1. The minimum Gasteiger partial charge on any atom is -0.497 e. The van der Waals surface area contributed by atoms with Crippen molar-refractivity contribution in [3.8, 4) is 5.75 Å². The van der Waals surface area contributed by atoms with Crippen molar-refractivity contribution in [2.24, 2.45) is 0 Å². The van der Waals surface area contributed by atoms with Crippen LogP contribution in [0.2, 0.25) is 0 Å². The Hall–Kier alpha value is -4.13. The monoisotopic (exact) mass is 443 g/mol. The number of urea groups is 1. The van der Waals surface area contributed by atoms with E-state index in [-0.39, 0.29) is 30.7 Å². The van der Waals surface area contributed by atoms with Crippen LogP contribution < -0.4 is 20.3 Å². The quantitative estimate of drug-likeness (QED) is 0.519. The third kappa shape index (κ3) is 5.03. The Balaban J connectivity index is 1.40. The van der Waals surface area contributed by atoms with E-state index in [0.717, 1.165) is 16.0 Å². The highest BCUT2D eigenvalue weighted by Gasteiger charge is 2.39. The molecule has 0 radical (unpaired) electrons. The summed E-state index contributed by atoms with van der Waals surface area (Å²) in [5.74, 6) is 0.0590. The molecule has 33 heavy (non-hydrogen) atoms. The number of methoxy groups -OCH3 is 1. The molecule has 4 rings (SSSR count). The highest BCUT2D eigenvalue weighted by Crippen LogP contribution is 2.25. The molecule has 1 fully saturated rings. The number of ether oxygens (including phenoxy) is 1. The van der Waals surface area contributed by atoms with Gasteiger partial charge in [-0.15, -0.1) is 0 Å². The van der Waals surface area contributed by atoms with Gasteiger partial charge in [-0.1, -0.05) is 60.7 Å². The number of nitrogens with zero attached hydrogens (tertiary/aromatic N) is 1. The van der Waals surface area contributed by atoms with E-state index in [1.807, 2.05) is 60.7 Å². The average Bonchev–Trinajstić information content (AvgIpc) is 3.15. The maximum Gasteiger partial charge on any atom is 0.329 e. The minimum atomic E-state index is -0.753. The number of imide groups is 1. The van der Waals surface area contributed by atoms with E-state index < -0.39 is 12.1 Å². The van der Waals surface area contributed by atoms with Crippen LogP contribution in [0.1, 0.15) is 30.0 Å². The van der Waals surface area contributed by atoms with Crippen molar-refractivity contribution in [2.75, 3.05) is 12.0 Å². The van der Waals surface area contributed by atoms with Crippen LogP contribution in [-0.4, -0.2) is 31.0 Å². The van der Waals surface area contributed by atoms with Crippen LogP contribution in [0.4, 0.5) is 10.5 Å². The third-order valence-corrected chi connectivity index (χ3v) is 5.58. The molecule has 1 heterocycles. The number of nitrogens with one attached hydrogen (secondary N) is 2. The van der Waals surface area contributed by atoms with Gasteiger partial charge in [0.2, 0.25) is 5.91 Å². The van der Waals surface area contributed by atoms with E-state index in [9.17, 15) is 14.4 Å². The van der Waals surface area contributed by atoms with Gasteiger partial charge in [0, 0.05) is 6.42 Å². The van der Waals surface area contributed by atoms with Gasteiger partial charge >= 0.3 is 6.03 Å². The fraction of sp³-hybridized carbons (Fsp3) is 0.192. The maximum absolute atomic E-state index is 12.8. The molecule has 7 heteroatoms. The number of benzene rings is 3. The molecule has 0 aliphatic carbocycles. The molecule has 3 aromatic carbocycles. The summed E-state index contributed by atoms with van der Waals surface area (Å²) in [6.07, 6.45) is 0.308. The summed E-state index contributed by atoms with van der Waals surface area (Å²) in [5.41, 5.74) is 2.39. The largest absolute Gasteiger partial charge is 0.497 e. The van der Waals surface area contributed by atoms with Crippen LogP contribution in [-0.2, 0) is 9.59 Å². The van der Waals surface area contributed by atoms with Gasteiger partial charge in [-0.2, -0.15) is 0 Å². The topological polar surface area (TPSA) is 87.7 Å². The van der Waals surface area contributed by atoms with Gasteiger partial charge in [-0.25, -0.2) is 9.69 Å². The number of hydrogen-bond acceptors (Lipinski definition) is 4. The molecule has 7 nitrogen and oxygen atoms in total. The molecule has 0 unspecified atom stereocenters. The molecule has 0 saturated carbocycles. The van der Waals surface area contributed by atoms with Crippen LogP contribution >= 0.6 is 0 Å². The highest BCUT2D eigenvalue weighted by molar-refractivity contribution is 6.21. The zero-order chi connectivity index (χ0) is 23.2. The smallest absolute Gasteiger partial charge is 0.329 e. The van der Waals surface area contributed by atoms with Crippen LogP contribution in [0, 0.1) is 0 Å². The maximum atomic E-state index is 12.8. The van der Waals surface area contributed by atoms with Crippen molar-refractivity contribution >= 4 is 23.5 Å². The number of carbonyl (C=O) groups is 3. The molecule has 1 atom stereocenters. The lowest BCUT2D eigenvalue weighted by Crippen LogP contribution is -2.34. The van der Waals surface area contributed by atoms with Gasteiger partial charge in [0.25, 0.3) is 5.91 Å². The molecule has 1 saturated heterocycles. The molecule has 1 aliphatic rings. The molecule has 0 bridgehead atoms. The molecule has 168 valence electrons. The van der Waals surface area contributed by atoms with Crippen LogP contribution in [0.25, 0.3) is 0 Å². The van der Waals surface area contributed by atoms with Gasteiger partial charge in [-0.05, 0) is 41.8 Å². The van der Waals surface area contributed by atoms with Gasteiger partial charge in [0.1, 0.15) is 11.8 Å². The number of anilines is 1. The average molecular weight is 444 g/mol. The predicted molar refractivity (Wildman–Crippen MR) is 125 cm³/mol. The second-order valence-electron chi connectivity index (χ2n) is 7.73. The van der Waals surface area contributed by atoms with Crippen molar-refractivity contribution in [3.63, 3.8) is 0 Å². The zero-order valence-electron chi connectivity index (χ0n) is 18.2. The normalized spacial score (nSPS) is 15.5. The SMILES string of the molecule is COc1ccc(N2C(=O)N[C@H](CCC(=O)NC(c3ccccc3)c3ccccc3)C2=O)cc1. The lowest BCUT2D eigenvalue weighted by molar-refractivity contribution is -0.122. The number of carbonyl (C=O) groups excluding carboxylic acids is 3. The predicted octanol–water partition coefficient (Wildman–Crippen LogP) is 3.81. The van der Waals surface area contributed by atoms with Crippen LogP contribution in [0.15, 0.2) is 84.9 Å². The summed E-state index contributed by atoms with van der Waals surface area (Å²) in [7, 11) is 1.55. The summed E-state index contributed by atoms with van der Waals surface area (Å²) in [6.45, 7) is 0. The summed E-state index contributed by atoms with van der Waals surface area (Å²) >= 11 is 0. The first-order valence-corrected chi connectivity index (χ1v) is 10.7. The summed E-state index contributed by atoms with van der Waals surface area (Å²) in [6, 6.07) is 24.5. The van der Waals surface area contributed by atoms with E-state index in [1.54, 1.807) is 31.4 Å². The number of rotatable bonds is 8. The van der Waals surface area contributed by atoms with E-state index >= 15 is 0 Å². The van der Waals surface area contributed by atoms with E-state index in [2.05, 4.69) is 10.6 Å². The van der Waals surface area contributed by atoms with Gasteiger partial charge < -0.3 is 15.4 Å². The Kier molecular flexibility index (Phi) is 6.69. The first kappa shape index (κ1) is 22.1. The Bertz CT molecular complexity index is 1080. The zero-order valence-corrected chi connectivity index (χ0v) is 18.2. The molecule has 0 aromatic heterocycles. The Morgan fingerprint density at radius 2 is 1.52 bits per heavy atom. The number of hydrogen-bond donors (Lipinski definition) is 2.